The van der Waals surface area contributed by atoms with E-state index in [2.05, 4.69) is 15.5 Å². The van der Waals surface area contributed by atoms with E-state index in [-0.39, 0.29) is 5.91 Å². The van der Waals surface area contributed by atoms with Crippen LogP contribution >= 0.6 is 0 Å². The minimum absolute atomic E-state index is 0.317. The van der Waals surface area contributed by atoms with E-state index in [1.807, 2.05) is 12.1 Å². The van der Waals surface area contributed by atoms with E-state index < -0.39 is 0 Å². The van der Waals surface area contributed by atoms with Crippen LogP contribution < -0.4 is 5.32 Å². The molecule has 0 bridgehead atoms. The number of nitrogens with zero attached hydrogens (tertiary/aromatic N) is 2. The molecule has 6 nitrogen and oxygen atoms in total. The first-order chi connectivity index (χ1) is 10.3. The van der Waals surface area contributed by atoms with Crippen molar-refractivity contribution >= 4 is 17.8 Å². The van der Waals surface area contributed by atoms with Gasteiger partial charge in [-0.05, 0) is 30.3 Å². The Balaban J connectivity index is 1.64. The molecule has 3 aromatic rings. The van der Waals surface area contributed by atoms with E-state index in [0.29, 0.717) is 23.0 Å². The molecule has 6 heteroatoms. The van der Waals surface area contributed by atoms with Gasteiger partial charge in [0.1, 0.15) is 0 Å². The van der Waals surface area contributed by atoms with Crippen LogP contribution in [0.3, 0.4) is 0 Å². The van der Waals surface area contributed by atoms with Gasteiger partial charge in [0, 0.05) is 18.3 Å². The van der Waals surface area contributed by atoms with Crippen molar-refractivity contribution in [1.29, 1.82) is 0 Å². The van der Waals surface area contributed by atoms with E-state index in [1.165, 1.54) is 12.3 Å². The third kappa shape index (κ3) is 3.24. The number of anilines is 1. The highest BCUT2D eigenvalue weighted by Crippen LogP contribution is 2.22. The zero-order chi connectivity index (χ0) is 14.5. The Hall–Kier alpha value is -3.15. The zero-order valence-corrected chi connectivity index (χ0v) is 10.9. The number of furan rings is 1. The maximum absolute atomic E-state index is 11.8. The fraction of sp³-hybridized carbons (Fsp3) is 0. The number of carbonyl (C=O) groups excluding carboxylic acids is 1. The van der Waals surface area contributed by atoms with Crippen LogP contribution in [0.5, 0.6) is 0 Å². The van der Waals surface area contributed by atoms with Crippen LogP contribution in [0.15, 0.2) is 63.9 Å². The standard InChI is InChI=1S/C15H11N3O3/c19-15(7-6-11-4-1-2-8-16-11)17-14-10-13(21-18-14)12-5-3-9-20-12/h1-10H,(H,17,18,19). The number of hydrogen-bond acceptors (Lipinski definition) is 5. The lowest BCUT2D eigenvalue weighted by atomic mass is 10.3. The molecule has 1 N–H and O–H groups in total. The number of aromatic nitrogens is 2. The van der Waals surface area contributed by atoms with Gasteiger partial charge in [-0.25, -0.2) is 0 Å². The van der Waals surface area contributed by atoms with Crippen molar-refractivity contribution in [2.24, 2.45) is 0 Å². The van der Waals surface area contributed by atoms with Crippen LogP contribution in [-0.2, 0) is 4.79 Å². The third-order valence-corrected chi connectivity index (χ3v) is 2.62. The highest BCUT2D eigenvalue weighted by atomic mass is 16.5. The molecule has 0 unspecified atom stereocenters. The first-order valence-corrected chi connectivity index (χ1v) is 6.22. The van der Waals surface area contributed by atoms with Gasteiger partial charge in [-0.15, -0.1) is 0 Å². The molecule has 0 aliphatic heterocycles. The second kappa shape index (κ2) is 5.87. The number of hydrogen-bond donors (Lipinski definition) is 1. The van der Waals surface area contributed by atoms with Crippen LogP contribution in [-0.4, -0.2) is 16.0 Å². The lowest BCUT2D eigenvalue weighted by Crippen LogP contribution is -2.07. The van der Waals surface area contributed by atoms with E-state index in [9.17, 15) is 4.79 Å². The first kappa shape index (κ1) is 12.9. The van der Waals surface area contributed by atoms with Crippen molar-refractivity contribution in [3.8, 4) is 11.5 Å². The highest BCUT2D eigenvalue weighted by Gasteiger charge is 2.09. The zero-order valence-electron chi connectivity index (χ0n) is 10.9. The van der Waals surface area contributed by atoms with Crippen molar-refractivity contribution in [2.45, 2.75) is 0 Å². The predicted octanol–water partition coefficient (Wildman–Crippen LogP) is 2.98. The molecule has 0 aromatic carbocycles. The summed E-state index contributed by atoms with van der Waals surface area (Å²) in [7, 11) is 0. The minimum Gasteiger partial charge on any atom is -0.461 e. The molecule has 0 fully saturated rings. The summed E-state index contributed by atoms with van der Waals surface area (Å²) in [5.74, 6) is 0.994. The fourth-order valence-corrected chi connectivity index (χ4v) is 1.67. The molecule has 21 heavy (non-hydrogen) atoms. The lowest BCUT2D eigenvalue weighted by Gasteiger charge is -1.94. The molecule has 0 saturated carbocycles. The summed E-state index contributed by atoms with van der Waals surface area (Å²) >= 11 is 0. The van der Waals surface area contributed by atoms with Crippen molar-refractivity contribution < 1.29 is 13.7 Å². The van der Waals surface area contributed by atoms with Gasteiger partial charge in [0.2, 0.25) is 11.7 Å². The highest BCUT2D eigenvalue weighted by molar-refractivity contribution is 6.01. The van der Waals surface area contributed by atoms with Gasteiger partial charge in [-0.3, -0.25) is 9.78 Å². The molecule has 0 spiro atoms. The Morgan fingerprint density at radius 2 is 2.14 bits per heavy atom. The molecule has 3 heterocycles. The molecular formula is C15H11N3O3. The smallest absolute Gasteiger partial charge is 0.249 e. The molecule has 3 aromatic heterocycles. The maximum atomic E-state index is 11.8. The molecule has 1 amide bonds. The van der Waals surface area contributed by atoms with E-state index >= 15 is 0 Å². The van der Waals surface area contributed by atoms with E-state index in [4.69, 9.17) is 8.94 Å². The third-order valence-electron chi connectivity index (χ3n) is 2.62. The quantitative estimate of drug-likeness (QED) is 0.743. The predicted molar refractivity (Wildman–Crippen MR) is 76.1 cm³/mol. The van der Waals surface area contributed by atoms with Crippen LogP contribution in [0, 0.1) is 0 Å². The second-order valence-corrected chi connectivity index (χ2v) is 4.13. The van der Waals surface area contributed by atoms with Gasteiger partial charge < -0.3 is 14.3 Å². The summed E-state index contributed by atoms with van der Waals surface area (Å²) in [5.41, 5.74) is 0.698. The van der Waals surface area contributed by atoms with Crippen molar-refractivity contribution in [1.82, 2.24) is 10.1 Å². The molecule has 0 aliphatic carbocycles. The largest absolute Gasteiger partial charge is 0.461 e. The van der Waals surface area contributed by atoms with Crippen LogP contribution in [0.1, 0.15) is 5.69 Å². The molecular weight excluding hydrogens is 270 g/mol. The first-order valence-electron chi connectivity index (χ1n) is 6.22. The minimum atomic E-state index is -0.319. The Kier molecular flexibility index (Phi) is 3.60. The van der Waals surface area contributed by atoms with Gasteiger partial charge in [0.05, 0.1) is 12.0 Å². The molecule has 104 valence electrons. The van der Waals surface area contributed by atoms with Crippen molar-refractivity contribution in [3.05, 3.63) is 60.6 Å². The van der Waals surface area contributed by atoms with Crippen LogP contribution in [0.25, 0.3) is 17.6 Å². The lowest BCUT2D eigenvalue weighted by molar-refractivity contribution is -0.111. The van der Waals surface area contributed by atoms with Gasteiger partial charge in [-0.2, -0.15) is 0 Å². The fourth-order valence-electron chi connectivity index (χ4n) is 1.67. The Morgan fingerprint density at radius 3 is 2.90 bits per heavy atom. The molecule has 0 saturated heterocycles. The number of carbonyl (C=O) groups is 1. The Morgan fingerprint density at radius 1 is 1.19 bits per heavy atom. The number of pyridine rings is 1. The number of rotatable bonds is 4. The molecule has 3 rings (SSSR count). The van der Waals surface area contributed by atoms with Crippen molar-refractivity contribution in [2.75, 3.05) is 5.32 Å². The SMILES string of the molecule is O=C(C=Cc1ccccn1)Nc1cc(-c2ccco2)on1. The summed E-state index contributed by atoms with van der Waals surface area (Å²) in [6.45, 7) is 0. The summed E-state index contributed by atoms with van der Waals surface area (Å²) in [6, 6.07) is 10.5. The molecule has 0 radical (unpaired) electrons. The van der Waals surface area contributed by atoms with E-state index in [0.717, 1.165) is 0 Å². The summed E-state index contributed by atoms with van der Waals surface area (Å²) in [4.78, 5) is 15.8. The van der Waals surface area contributed by atoms with Crippen LogP contribution in [0.2, 0.25) is 0 Å². The molecule has 0 aliphatic rings. The summed E-state index contributed by atoms with van der Waals surface area (Å²) in [6.07, 6.45) is 6.18. The topological polar surface area (TPSA) is 81.2 Å². The van der Waals surface area contributed by atoms with Crippen molar-refractivity contribution in [3.63, 3.8) is 0 Å². The number of nitrogens with one attached hydrogen (secondary N) is 1. The van der Waals surface area contributed by atoms with E-state index in [1.54, 1.807) is 36.5 Å². The Labute approximate surface area is 120 Å². The van der Waals surface area contributed by atoms with Gasteiger partial charge >= 0.3 is 0 Å². The monoisotopic (exact) mass is 281 g/mol. The van der Waals surface area contributed by atoms with Crippen LogP contribution in [0.4, 0.5) is 5.82 Å². The summed E-state index contributed by atoms with van der Waals surface area (Å²) < 4.78 is 10.3. The summed E-state index contributed by atoms with van der Waals surface area (Å²) in [5, 5.41) is 6.35. The van der Waals surface area contributed by atoms with Gasteiger partial charge in [-0.1, -0.05) is 11.2 Å². The molecule has 0 atom stereocenters. The average molecular weight is 281 g/mol. The Bertz CT molecular complexity index is 746. The van der Waals surface area contributed by atoms with Gasteiger partial charge in [0.25, 0.3) is 0 Å². The van der Waals surface area contributed by atoms with Gasteiger partial charge in [0.15, 0.2) is 11.6 Å². The second-order valence-electron chi connectivity index (χ2n) is 4.13. The average Bonchev–Trinajstić information content (AvgIpc) is 3.17. The number of amides is 1. The normalized spacial score (nSPS) is 10.9. The maximum Gasteiger partial charge on any atom is 0.249 e.